The van der Waals surface area contributed by atoms with Crippen molar-refractivity contribution >= 4 is 21.9 Å². The highest BCUT2D eigenvalue weighted by atomic mass is 79.9. The van der Waals surface area contributed by atoms with Gasteiger partial charge < -0.3 is 10.5 Å². The van der Waals surface area contributed by atoms with E-state index in [1.54, 1.807) is 0 Å². The summed E-state index contributed by atoms with van der Waals surface area (Å²) in [7, 11) is 1.38. The van der Waals surface area contributed by atoms with Crippen LogP contribution < -0.4 is 5.73 Å². The lowest BCUT2D eigenvalue weighted by Gasteiger charge is -2.32. The van der Waals surface area contributed by atoms with Crippen LogP contribution in [-0.2, 0) is 22.4 Å². The second-order valence-corrected chi connectivity index (χ2v) is 5.15. The van der Waals surface area contributed by atoms with Crippen molar-refractivity contribution in [3.05, 3.63) is 33.8 Å². The maximum atomic E-state index is 11.6. The molecule has 1 aromatic carbocycles. The van der Waals surface area contributed by atoms with Gasteiger partial charge in [0.1, 0.15) is 5.54 Å². The third kappa shape index (κ3) is 1.99. The number of hydrogen-bond acceptors (Lipinski definition) is 3. The standard InChI is InChI=1S/C12H14BrNO2/c1-16-11(15)12(14)5-4-8-6-10(13)3-2-9(8)7-12/h2-3,6H,4-5,7,14H2,1H3/t12-/m1/s1. The predicted molar refractivity (Wildman–Crippen MR) is 65.1 cm³/mol. The quantitative estimate of drug-likeness (QED) is 0.800. The third-order valence-corrected chi connectivity index (χ3v) is 3.60. The van der Waals surface area contributed by atoms with E-state index in [0.29, 0.717) is 12.8 Å². The smallest absolute Gasteiger partial charge is 0.326 e. The number of halogens is 1. The number of ether oxygens (including phenoxy) is 1. The van der Waals surface area contributed by atoms with Crippen molar-refractivity contribution in [3.8, 4) is 0 Å². The summed E-state index contributed by atoms with van der Waals surface area (Å²) in [6, 6.07) is 6.08. The summed E-state index contributed by atoms with van der Waals surface area (Å²) in [5, 5.41) is 0. The molecular formula is C12H14BrNO2. The summed E-state index contributed by atoms with van der Waals surface area (Å²) in [4.78, 5) is 11.6. The molecule has 0 radical (unpaired) electrons. The Morgan fingerprint density at radius 1 is 1.50 bits per heavy atom. The van der Waals surface area contributed by atoms with Crippen LogP contribution in [0.1, 0.15) is 17.5 Å². The average Bonchev–Trinajstić information content (AvgIpc) is 2.28. The van der Waals surface area contributed by atoms with Crippen molar-refractivity contribution in [2.45, 2.75) is 24.8 Å². The molecule has 0 amide bonds. The number of aryl methyl sites for hydroxylation is 1. The van der Waals surface area contributed by atoms with E-state index in [2.05, 4.69) is 22.0 Å². The van der Waals surface area contributed by atoms with Crippen LogP contribution in [0.4, 0.5) is 0 Å². The molecule has 2 rings (SSSR count). The topological polar surface area (TPSA) is 52.3 Å². The lowest BCUT2D eigenvalue weighted by atomic mass is 9.79. The minimum atomic E-state index is -0.852. The van der Waals surface area contributed by atoms with Crippen molar-refractivity contribution in [2.75, 3.05) is 7.11 Å². The van der Waals surface area contributed by atoms with E-state index in [1.807, 2.05) is 12.1 Å². The Balaban J connectivity index is 2.30. The van der Waals surface area contributed by atoms with Crippen molar-refractivity contribution in [1.82, 2.24) is 0 Å². The van der Waals surface area contributed by atoms with Gasteiger partial charge in [0.2, 0.25) is 0 Å². The highest BCUT2D eigenvalue weighted by Crippen LogP contribution is 2.29. The molecule has 0 aliphatic heterocycles. The zero-order valence-electron chi connectivity index (χ0n) is 9.13. The molecule has 1 aliphatic rings. The van der Waals surface area contributed by atoms with E-state index in [1.165, 1.54) is 12.7 Å². The van der Waals surface area contributed by atoms with Crippen LogP contribution in [0.2, 0.25) is 0 Å². The first-order chi connectivity index (χ1) is 7.55. The van der Waals surface area contributed by atoms with Gasteiger partial charge in [-0.25, -0.2) is 0 Å². The van der Waals surface area contributed by atoms with E-state index >= 15 is 0 Å². The molecule has 0 fully saturated rings. The van der Waals surface area contributed by atoms with E-state index in [0.717, 1.165) is 16.5 Å². The second kappa shape index (κ2) is 4.18. The van der Waals surface area contributed by atoms with Crippen LogP contribution in [0.25, 0.3) is 0 Å². The van der Waals surface area contributed by atoms with Crippen LogP contribution in [-0.4, -0.2) is 18.6 Å². The van der Waals surface area contributed by atoms with Crippen LogP contribution in [0, 0.1) is 0 Å². The molecular weight excluding hydrogens is 270 g/mol. The normalized spacial score (nSPS) is 23.7. The number of carbonyl (C=O) groups is 1. The number of methoxy groups -OCH3 is 1. The highest BCUT2D eigenvalue weighted by Gasteiger charge is 2.38. The van der Waals surface area contributed by atoms with Gasteiger partial charge in [-0.2, -0.15) is 0 Å². The molecule has 0 spiro atoms. The van der Waals surface area contributed by atoms with Gasteiger partial charge in [0.05, 0.1) is 7.11 Å². The average molecular weight is 284 g/mol. The van der Waals surface area contributed by atoms with Crippen LogP contribution in [0.3, 0.4) is 0 Å². The number of benzene rings is 1. The molecule has 0 unspecified atom stereocenters. The minimum Gasteiger partial charge on any atom is -0.468 e. The fourth-order valence-corrected chi connectivity index (χ4v) is 2.57. The zero-order chi connectivity index (χ0) is 11.8. The van der Waals surface area contributed by atoms with Crippen molar-refractivity contribution < 1.29 is 9.53 Å². The van der Waals surface area contributed by atoms with Gasteiger partial charge in [-0.3, -0.25) is 4.79 Å². The van der Waals surface area contributed by atoms with E-state index < -0.39 is 5.54 Å². The summed E-state index contributed by atoms with van der Waals surface area (Å²) in [6.07, 6.45) is 2.02. The Bertz CT molecular complexity index is 433. The molecule has 3 nitrogen and oxygen atoms in total. The minimum absolute atomic E-state index is 0.318. The molecule has 0 aromatic heterocycles. The van der Waals surface area contributed by atoms with Gasteiger partial charge in [-0.15, -0.1) is 0 Å². The molecule has 2 N–H and O–H groups in total. The van der Waals surface area contributed by atoms with E-state index in [-0.39, 0.29) is 5.97 Å². The second-order valence-electron chi connectivity index (χ2n) is 4.24. The summed E-state index contributed by atoms with van der Waals surface area (Å²) in [6.45, 7) is 0. The monoisotopic (exact) mass is 283 g/mol. The molecule has 0 bridgehead atoms. The fourth-order valence-electron chi connectivity index (χ4n) is 2.16. The molecule has 0 heterocycles. The fraction of sp³-hybridized carbons (Fsp3) is 0.417. The summed E-state index contributed by atoms with van der Waals surface area (Å²) < 4.78 is 5.82. The van der Waals surface area contributed by atoms with Crippen LogP contribution >= 0.6 is 15.9 Å². The largest absolute Gasteiger partial charge is 0.468 e. The lowest BCUT2D eigenvalue weighted by Crippen LogP contribution is -2.52. The third-order valence-electron chi connectivity index (χ3n) is 3.11. The maximum absolute atomic E-state index is 11.6. The Hall–Kier alpha value is -0.870. The Kier molecular flexibility index (Phi) is 3.04. The van der Waals surface area contributed by atoms with Gasteiger partial charge in [0.15, 0.2) is 0 Å². The molecule has 4 heteroatoms. The number of esters is 1. The Morgan fingerprint density at radius 2 is 2.25 bits per heavy atom. The first kappa shape index (κ1) is 11.6. The number of hydrogen-bond donors (Lipinski definition) is 1. The first-order valence-corrected chi connectivity index (χ1v) is 5.99. The van der Waals surface area contributed by atoms with Crippen LogP contribution in [0.5, 0.6) is 0 Å². The number of carbonyl (C=O) groups excluding carboxylic acids is 1. The van der Waals surface area contributed by atoms with Crippen molar-refractivity contribution in [2.24, 2.45) is 5.73 Å². The van der Waals surface area contributed by atoms with Gasteiger partial charge in [0, 0.05) is 10.9 Å². The SMILES string of the molecule is COC(=O)[C@@]1(N)CCc2cc(Br)ccc2C1. The van der Waals surface area contributed by atoms with Crippen LogP contribution in [0.15, 0.2) is 22.7 Å². The molecule has 0 saturated heterocycles. The van der Waals surface area contributed by atoms with Crippen molar-refractivity contribution in [1.29, 1.82) is 0 Å². The lowest BCUT2D eigenvalue weighted by molar-refractivity contribution is -0.147. The van der Waals surface area contributed by atoms with Gasteiger partial charge in [-0.05, 0) is 36.1 Å². The maximum Gasteiger partial charge on any atom is 0.326 e. The van der Waals surface area contributed by atoms with Gasteiger partial charge >= 0.3 is 5.97 Å². The summed E-state index contributed by atoms with van der Waals surface area (Å²) in [5.74, 6) is -0.318. The Labute approximate surface area is 103 Å². The van der Waals surface area contributed by atoms with Gasteiger partial charge in [0.25, 0.3) is 0 Å². The number of nitrogens with two attached hydrogens (primary N) is 1. The van der Waals surface area contributed by atoms with E-state index in [9.17, 15) is 4.79 Å². The zero-order valence-corrected chi connectivity index (χ0v) is 10.7. The van der Waals surface area contributed by atoms with Gasteiger partial charge in [-0.1, -0.05) is 22.0 Å². The molecule has 1 atom stereocenters. The number of fused-ring (bicyclic) bond motifs is 1. The van der Waals surface area contributed by atoms with Crippen molar-refractivity contribution in [3.63, 3.8) is 0 Å². The molecule has 86 valence electrons. The highest BCUT2D eigenvalue weighted by molar-refractivity contribution is 9.10. The summed E-state index contributed by atoms with van der Waals surface area (Å²) >= 11 is 3.44. The molecule has 1 aromatic rings. The predicted octanol–water partition coefficient (Wildman–Crippen LogP) is 1.81. The first-order valence-electron chi connectivity index (χ1n) is 5.20. The molecule has 1 aliphatic carbocycles. The molecule has 16 heavy (non-hydrogen) atoms. The Morgan fingerprint density at radius 3 is 2.94 bits per heavy atom. The number of rotatable bonds is 1. The van der Waals surface area contributed by atoms with E-state index in [4.69, 9.17) is 10.5 Å². The molecule has 0 saturated carbocycles. The summed E-state index contributed by atoms with van der Waals surface area (Å²) in [5.41, 5.74) is 7.63.